The Kier molecular flexibility index (Phi) is 6.72. The first-order valence-corrected chi connectivity index (χ1v) is 7.29. The number of rotatable bonds is 7. The molecule has 1 aromatic rings. The summed E-state index contributed by atoms with van der Waals surface area (Å²) < 4.78 is 0. The molecule has 0 aliphatic rings. The van der Waals surface area contributed by atoms with Crippen molar-refractivity contribution in [3.05, 3.63) is 47.5 Å². The molecule has 0 aromatic heterocycles. The third-order valence-corrected chi connectivity index (χ3v) is 3.53. The Balaban J connectivity index is 2.67. The van der Waals surface area contributed by atoms with Crippen LogP contribution in [0, 0.1) is 0 Å². The average molecular weight is 311 g/mol. The van der Waals surface area contributed by atoms with Crippen LogP contribution in [0.5, 0.6) is 0 Å². The van der Waals surface area contributed by atoms with Crippen LogP contribution in [0.3, 0.4) is 0 Å². The van der Waals surface area contributed by atoms with Gasteiger partial charge in [0.05, 0.1) is 6.61 Å². The van der Waals surface area contributed by atoms with Gasteiger partial charge in [-0.25, -0.2) is 4.79 Å². The minimum absolute atomic E-state index is 0.0705. The van der Waals surface area contributed by atoms with Crippen molar-refractivity contribution in [1.29, 1.82) is 0 Å². The van der Waals surface area contributed by atoms with Crippen LogP contribution in [0.4, 0.5) is 4.79 Å². The Morgan fingerprint density at radius 3 is 2.81 bits per heavy atom. The number of carbonyl (C=O) groups is 1. The summed E-state index contributed by atoms with van der Waals surface area (Å²) in [5.41, 5.74) is 0.826. The number of halogens is 1. The Morgan fingerprint density at radius 1 is 1.52 bits per heavy atom. The van der Waals surface area contributed by atoms with Crippen molar-refractivity contribution in [2.45, 2.75) is 19.3 Å². The monoisotopic (exact) mass is 310 g/mol. The molecule has 0 saturated heterocycles. The minimum atomic E-state index is -0.236. The molecule has 2 amide bonds. The van der Waals surface area contributed by atoms with E-state index in [1.54, 1.807) is 6.08 Å². The van der Waals surface area contributed by atoms with E-state index in [1.165, 1.54) is 4.90 Å². The summed E-state index contributed by atoms with van der Waals surface area (Å²) in [7, 11) is 0. The van der Waals surface area contributed by atoms with Crippen molar-refractivity contribution in [2.24, 2.45) is 0 Å². The summed E-state index contributed by atoms with van der Waals surface area (Å²) >= 11 is 6.01. The van der Waals surface area contributed by atoms with Gasteiger partial charge in [0, 0.05) is 30.1 Å². The van der Waals surface area contributed by atoms with Crippen molar-refractivity contribution in [3.63, 3.8) is 0 Å². The number of urea groups is 1. The van der Waals surface area contributed by atoms with E-state index in [0.29, 0.717) is 18.1 Å². The van der Waals surface area contributed by atoms with E-state index < -0.39 is 0 Å². The number of nitrogens with one attached hydrogen (secondary N) is 1. The van der Waals surface area contributed by atoms with E-state index in [1.807, 2.05) is 38.1 Å². The Hall–Kier alpha value is -1.52. The number of benzene rings is 1. The smallest absolute Gasteiger partial charge is 0.317 e. The van der Waals surface area contributed by atoms with Crippen LogP contribution >= 0.6 is 11.6 Å². The number of aliphatic hydroxyl groups is 1. The van der Waals surface area contributed by atoms with Crippen LogP contribution in [-0.4, -0.2) is 42.3 Å². The topological polar surface area (TPSA) is 52.6 Å². The molecule has 0 saturated carbocycles. The first kappa shape index (κ1) is 17.5. The molecule has 0 aliphatic heterocycles. The average Bonchev–Trinajstić information content (AvgIpc) is 2.44. The maximum Gasteiger partial charge on any atom is 0.317 e. The van der Waals surface area contributed by atoms with Crippen molar-refractivity contribution in [2.75, 3.05) is 26.2 Å². The van der Waals surface area contributed by atoms with E-state index in [4.69, 9.17) is 16.7 Å². The van der Waals surface area contributed by atoms with Crippen molar-refractivity contribution in [1.82, 2.24) is 10.2 Å². The third-order valence-electron chi connectivity index (χ3n) is 3.29. The Bertz CT molecular complexity index is 489. The van der Waals surface area contributed by atoms with Gasteiger partial charge in [0.15, 0.2) is 0 Å². The second kappa shape index (κ2) is 8.05. The molecule has 21 heavy (non-hydrogen) atoms. The largest absolute Gasteiger partial charge is 0.395 e. The van der Waals surface area contributed by atoms with Gasteiger partial charge in [-0.05, 0) is 17.7 Å². The number of carbonyl (C=O) groups excluding carboxylic acids is 1. The SMILES string of the molecule is C=CCN(CCO)C(=O)NCC(C)(C)c1cccc(Cl)c1. The van der Waals surface area contributed by atoms with Gasteiger partial charge in [-0.15, -0.1) is 6.58 Å². The number of hydrogen-bond donors (Lipinski definition) is 2. The highest BCUT2D eigenvalue weighted by atomic mass is 35.5. The van der Waals surface area contributed by atoms with Gasteiger partial charge in [-0.1, -0.05) is 43.7 Å². The summed E-state index contributed by atoms with van der Waals surface area (Å²) in [6.07, 6.45) is 1.64. The van der Waals surface area contributed by atoms with Gasteiger partial charge in [-0.3, -0.25) is 0 Å². The van der Waals surface area contributed by atoms with Gasteiger partial charge >= 0.3 is 6.03 Å². The maximum absolute atomic E-state index is 12.1. The highest BCUT2D eigenvalue weighted by molar-refractivity contribution is 6.30. The van der Waals surface area contributed by atoms with E-state index in [9.17, 15) is 4.79 Å². The molecule has 0 atom stereocenters. The van der Waals surface area contributed by atoms with Crippen LogP contribution in [0.15, 0.2) is 36.9 Å². The van der Waals surface area contributed by atoms with E-state index in [0.717, 1.165) is 5.56 Å². The van der Waals surface area contributed by atoms with E-state index in [2.05, 4.69) is 11.9 Å². The lowest BCUT2D eigenvalue weighted by Crippen LogP contribution is -2.45. The fraction of sp³-hybridized carbons (Fsp3) is 0.438. The van der Waals surface area contributed by atoms with Gasteiger partial charge in [0.2, 0.25) is 0 Å². The summed E-state index contributed by atoms with van der Waals surface area (Å²) in [4.78, 5) is 13.6. The Morgan fingerprint density at radius 2 is 2.24 bits per heavy atom. The lowest BCUT2D eigenvalue weighted by molar-refractivity contribution is 0.182. The molecule has 0 fully saturated rings. The number of nitrogens with zero attached hydrogens (tertiary/aromatic N) is 1. The quantitative estimate of drug-likeness (QED) is 0.761. The number of aliphatic hydroxyl groups excluding tert-OH is 1. The zero-order valence-electron chi connectivity index (χ0n) is 12.6. The fourth-order valence-electron chi connectivity index (χ4n) is 1.97. The van der Waals surface area contributed by atoms with Crippen LogP contribution in [0.2, 0.25) is 5.02 Å². The predicted molar refractivity (Wildman–Crippen MR) is 86.7 cm³/mol. The van der Waals surface area contributed by atoms with Gasteiger partial charge in [0.25, 0.3) is 0 Å². The van der Waals surface area contributed by atoms with Crippen molar-refractivity contribution >= 4 is 17.6 Å². The molecule has 4 nitrogen and oxygen atoms in total. The molecule has 116 valence electrons. The molecular formula is C16H23ClN2O2. The molecule has 1 rings (SSSR count). The first-order chi connectivity index (χ1) is 9.90. The van der Waals surface area contributed by atoms with Crippen LogP contribution in [-0.2, 0) is 5.41 Å². The third kappa shape index (κ3) is 5.40. The van der Waals surface area contributed by atoms with Crippen LogP contribution < -0.4 is 5.32 Å². The molecular weight excluding hydrogens is 288 g/mol. The molecule has 1 aromatic carbocycles. The molecule has 0 aliphatic carbocycles. The standard InChI is InChI=1S/C16H23ClN2O2/c1-4-8-19(9-10-20)15(21)18-12-16(2,3)13-6-5-7-14(17)11-13/h4-7,11,20H,1,8-10,12H2,2-3H3,(H,18,21). The highest BCUT2D eigenvalue weighted by Crippen LogP contribution is 2.24. The summed E-state index contributed by atoms with van der Waals surface area (Å²) in [6, 6.07) is 7.42. The maximum atomic E-state index is 12.1. The lowest BCUT2D eigenvalue weighted by atomic mass is 9.84. The first-order valence-electron chi connectivity index (χ1n) is 6.91. The molecule has 5 heteroatoms. The van der Waals surface area contributed by atoms with Gasteiger partial charge in [-0.2, -0.15) is 0 Å². The zero-order chi connectivity index (χ0) is 15.9. The molecule has 0 heterocycles. The Labute approximate surface area is 131 Å². The lowest BCUT2D eigenvalue weighted by Gasteiger charge is -2.28. The van der Waals surface area contributed by atoms with Gasteiger partial charge in [0.1, 0.15) is 0 Å². The van der Waals surface area contributed by atoms with E-state index >= 15 is 0 Å². The molecule has 2 N–H and O–H groups in total. The summed E-state index contributed by atoms with van der Waals surface area (Å²) in [6.45, 7) is 8.80. The molecule has 0 bridgehead atoms. The fourth-order valence-corrected chi connectivity index (χ4v) is 2.16. The zero-order valence-corrected chi connectivity index (χ0v) is 13.4. The molecule has 0 spiro atoms. The second-order valence-corrected chi connectivity index (χ2v) is 5.95. The van der Waals surface area contributed by atoms with Crippen molar-refractivity contribution < 1.29 is 9.90 Å². The normalized spacial score (nSPS) is 11.0. The van der Waals surface area contributed by atoms with Crippen LogP contribution in [0.1, 0.15) is 19.4 Å². The number of hydrogen-bond acceptors (Lipinski definition) is 2. The predicted octanol–water partition coefficient (Wildman–Crippen LogP) is 2.81. The number of amides is 2. The minimum Gasteiger partial charge on any atom is -0.395 e. The summed E-state index contributed by atoms with van der Waals surface area (Å²) in [5, 5.41) is 12.6. The van der Waals surface area contributed by atoms with Crippen molar-refractivity contribution in [3.8, 4) is 0 Å². The molecule has 0 radical (unpaired) electrons. The van der Waals surface area contributed by atoms with Crippen LogP contribution in [0.25, 0.3) is 0 Å². The summed E-state index contributed by atoms with van der Waals surface area (Å²) in [5.74, 6) is 0. The van der Waals surface area contributed by atoms with E-state index in [-0.39, 0.29) is 24.6 Å². The highest BCUT2D eigenvalue weighted by Gasteiger charge is 2.22. The second-order valence-electron chi connectivity index (χ2n) is 5.51. The van der Waals surface area contributed by atoms with Gasteiger partial charge < -0.3 is 15.3 Å². The molecule has 0 unspecified atom stereocenters.